The van der Waals surface area contributed by atoms with Crippen LogP contribution < -0.4 is 5.32 Å². The Morgan fingerprint density at radius 3 is 2.94 bits per heavy atom. The summed E-state index contributed by atoms with van der Waals surface area (Å²) in [6.07, 6.45) is 5.30. The van der Waals surface area contributed by atoms with Crippen molar-refractivity contribution in [2.75, 3.05) is 12.3 Å². The van der Waals surface area contributed by atoms with Gasteiger partial charge in [0.25, 0.3) is 0 Å². The van der Waals surface area contributed by atoms with Crippen molar-refractivity contribution in [1.82, 2.24) is 5.32 Å². The molecular weight excluding hydrogens is 216 g/mol. The molecule has 2 atom stereocenters. The Bertz CT molecular complexity index is 273. The van der Waals surface area contributed by atoms with Crippen molar-refractivity contribution in [3.8, 4) is 0 Å². The Hall–Kier alpha value is -0.180. The average Bonchev–Trinajstić information content (AvgIpc) is 3.10. The summed E-state index contributed by atoms with van der Waals surface area (Å²) in [6.45, 7) is 7.92. The summed E-state index contributed by atoms with van der Waals surface area (Å²) >= 11 is 1.89. The van der Waals surface area contributed by atoms with Gasteiger partial charge in [0.15, 0.2) is 5.17 Å². The first kappa shape index (κ1) is 12.3. The van der Waals surface area contributed by atoms with Crippen molar-refractivity contribution in [2.24, 2.45) is 16.8 Å². The molecule has 1 saturated heterocycles. The van der Waals surface area contributed by atoms with Crippen LogP contribution in [0.4, 0.5) is 0 Å². The third-order valence-electron chi connectivity index (χ3n) is 4.03. The minimum Gasteiger partial charge on any atom is -0.360 e. The molecule has 1 saturated carbocycles. The zero-order chi connectivity index (χ0) is 11.6. The third-order valence-corrected chi connectivity index (χ3v) is 4.94. The number of hydrogen-bond acceptors (Lipinski definition) is 2. The third kappa shape index (κ3) is 3.16. The lowest BCUT2D eigenvalue weighted by molar-refractivity contribution is 0.389. The second kappa shape index (κ2) is 4.99. The van der Waals surface area contributed by atoms with E-state index in [1.165, 1.54) is 36.6 Å². The predicted molar refractivity (Wildman–Crippen MR) is 73.1 cm³/mol. The topological polar surface area (TPSA) is 24.4 Å². The zero-order valence-corrected chi connectivity index (χ0v) is 11.6. The Kier molecular flexibility index (Phi) is 3.83. The van der Waals surface area contributed by atoms with E-state index in [2.05, 4.69) is 26.1 Å². The van der Waals surface area contributed by atoms with Crippen LogP contribution in [0, 0.1) is 11.8 Å². The molecule has 1 aliphatic heterocycles. The van der Waals surface area contributed by atoms with Crippen LogP contribution in [-0.2, 0) is 0 Å². The van der Waals surface area contributed by atoms with Crippen molar-refractivity contribution < 1.29 is 0 Å². The molecule has 0 aromatic rings. The smallest absolute Gasteiger partial charge is 0.156 e. The number of thioether (sulfide) groups is 1. The Morgan fingerprint density at radius 1 is 1.56 bits per heavy atom. The van der Waals surface area contributed by atoms with Crippen LogP contribution in [-0.4, -0.2) is 23.0 Å². The number of nitrogens with zero attached hydrogens (tertiary/aromatic N) is 1. The highest BCUT2D eigenvalue weighted by atomic mass is 32.2. The molecule has 0 bridgehead atoms. The maximum absolute atomic E-state index is 4.76. The minimum absolute atomic E-state index is 0.285. The van der Waals surface area contributed by atoms with Gasteiger partial charge >= 0.3 is 0 Å². The summed E-state index contributed by atoms with van der Waals surface area (Å²) in [5.41, 5.74) is 0.285. The van der Waals surface area contributed by atoms with E-state index in [4.69, 9.17) is 4.99 Å². The maximum Gasteiger partial charge on any atom is 0.156 e. The molecular formula is C13H24N2S. The van der Waals surface area contributed by atoms with Gasteiger partial charge in [-0.2, -0.15) is 0 Å². The van der Waals surface area contributed by atoms with E-state index in [1.807, 2.05) is 11.8 Å². The minimum atomic E-state index is 0.285. The normalized spacial score (nSPS) is 34.8. The number of nitrogens with one attached hydrogen (secondary N) is 1. The summed E-state index contributed by atoms with van der Waals surface area (Å²) in [4.78, 5) is 4.76. The first-order chi connectivity index (χ1) is 7.63. The van der Waals surface area contributed by atoms with Gasteiger partial charge in [0, 0.05) is 17.8 Å². The largest absolute Gasteiger partial charge is 0.360 e. The van der Waals surface area contributed by atoms with Crippen molar-refractivity contribution in [3.05, 3.63) is 0 Å². The van der Waals surface area contributed by atoms with E-state index in [9.17, 15) is 0 Å². The Labute approximate surface area is 104 Å². The molecule has 2 fully saturated rings. The first-order valence-corrected chi connectivity index (χ1v) is 7.57. The lowest BCUT2D eigenvalue weighted by Crippen LogP contribution is -2.48. The number of aliphatic imine (C=N–C) groups is 1. The van der Waals surface area contributed by atoms with Crippen LogP contribution in [0.25, 0.3) is 0 Å². The molecule has 16 heavy (non-hydrogen) atoms. The van der Waals surface area contributed by atoms with E-state index in [-0.39, 0.29) is 5.54 Å². The van der Waals surface area contributed by atoms with Gasteiger partial charge in [0.1, 0.15) is 0 Å². The van der Waals surface area contributed by atoms with Crippen LogP contribution in [0.3, 0.4) is 0 Å². The molecule has 1 heterocycles. The molecule has 2 nitrogen and oxygen atoms in total. The molecule has 2 aliphatic rings. The van der Waals surface area contributed by atoms with Gasteiger partial charge in [-0.1, -0.05) is 25.6 Å². The van der Waals surface area contributed by atoms with Crippen LogP contribution in [0.15, 0.2) is 4.99 Å². The van der Waals surface area contributed by atoms with Gasteiger partial charge in [0.2, 0.25) is 0 Å². The highest BCUT2D eigenvalue weighted by molar-refractivity contribution is 8.13. The Balaban J connectivity index is 1.85. The predicted octanol–water partition coefficient (Wildman–Crippen LogP) is 3.28. The molecule has 0 aromatic heterocycles. The highest BCUT2D eigenvalue weighted by Gasteiger charge is 2.29. The fourth-order valence-corrected chi connectivity index (χ4v) is 3.35. The summed E-state index contributed by atoms with van der Waals surface area (Å²) in [7, 11) is 0. The summed E-state index contributed by atoms with van der Waals surface area (Å²) < 4.78 is 0. The second-order valence-electron chi connectivity index (χ2n) is 5.60. The molecule has 92 valence electrons. The monoisotopic (exact) mass is 240 g/mol. The SMILES string of the molecule is CCC1(C)CCSC(=NCC(C)C2CC2)N1. The molecule has 0 radical (unpaired) electrons. The van der Waals surface area contributed by atoms with Crippen LogP contribution in [0.1, 0.15) is 46.5 Å². The standard InChI is InChI=1S/C13H24N2S/c1-4-13(3)7-8-16-12(15-13)14-9-10(2)11-5-6-11/h10-11H,4-9H2,1-3H3,(H,14,15). The van der Waals surface area contributed by atoms with Gasteiger partial charge in [-0.15, -0.1) is 0 Å². The summed E-state index contributed by atoms with van der Waals surface area (Å²) in [5.74, 6) is 2.97. The van der Waals surface area contributed by atoms with Crippen LogP contribution >= 0.6 is 11.8 Å². The van der Waals surface area contributed by atoms with Crippen molar-refractivity contribution in [1.29, 1.82) is 0 Å². The lowest BCUT2D eigenvalue weighted by Gasteiger charge is -2.35. The lowest BCUT2D eigenvalue weighted by atomic mass is 9.96. The van der Waals surface area contributed by atoms with Gasteiger partial charge < -0.3 is 5.32 Å². The summed E-state index contributed by atoms with van der Waals surface area (Å²) in [6, 6.07) is 0. The first-order valence-electron chi connectivity index (χ1n) is 6.58. The quantitative estimate of drug-likeness (QED) is 0.815. The molecule has 0 amide bonds. The molecule has 1 N–H and O–H groups in total. The van der Waals surface area contributed by atoms with Crippen molar-refractivity contribution in [3.63, 3.8) is 0 Å². The molecule has 0 aromatic carbocycles. The van der Waals surface area contributed by atoms with Crippen LogP contribution in [0.2, 0.25) is 0 Å². The summed E-state index contributed by atoms with van der Waals surface area (Å²) in [5, 5.41) is 4.79. The number of amidine groups is 1. The molecule has 0 spiro atoms. The fraction of sp³-hybridized carbons (Fsp3) is 0.923. The molecule has 1 aliphatic carbocycles. The number of hydrogen-bond donors (Lipinski definition) is 1. The van der Waals surface area contributed by atoms with Gasteiger partial charge in [0.05, 0.1) is 0 Å². The van der Waals surface area contributed by atoms with E-state index in [0.29, 0.717) is 0 Å². The van der Waals surface area contributed by atoms with Gasteiger partial charge in [-0.3, -0.25) is 4.99 Å². The molecule has 3 heteroatoms. The van der Waals surface area contributed by atoms with E-state index < -0.39 is 0 Å². The number of rotatable bonds is 4. The second-order valence-corrected chi connectivity index (χ2v) is 6.68. The van der Waals surface area contributed by atoms with E-state index >= 15 is 0 Å². The zero-order valence-electron chi connectivity index (χ0n) is 10.8. The molecule has 2 rings (SSSR count). The van der Waals surface area contributed by atoms with Crippen LogP contribution in [0.5, 0.6) is 0 Å². The van der Waals surface area contributed by atoms with E-state index in [0.717, 1.165) is 18.4 Å². The Morgan fingerprint density at radius 2 is 2.31 bits per heavy atom. The van der Waals surface area contributed by atoms with Gasteiger partial charge in [-0.05, 0) is 44.4 Å². The molecule has 2 unspecified atom stereocenters. The van der Waals surface area contributed by atoms with Crippen molar-refractivity contribution in [2.45, 2.75) is 52.0 Å². The van der Waals surface area contributed by atoms with Gasteiger partial charge in [-0.25, -0.2) is 0 Å². The van der Waals surface area contributed by atoms with Crippen molar-refractivity contribution >= 4 is 16.9 Å². The highest BCUT2D eigenvalue weighted by Crippen LogP contribution is 2.36. The average molecular weight is 240 g/mol. The maximum atomic E-state index is 4.76. The van der Waals surface area contributed by atoms with E-state index in [1.54, 1.807) is 0 Å². The fourth-order valence-electron chi connectivity index (χ4n) is 2.12.